The Morgan fingerprint density at radius 1 is 1.04 bits per heavy atom. The number of ether oxygens (including phenoxy) is 1. The van der Waals surface area contributed by atoms with Crippen molar-refractivity contribution in [1.29, 1.82) is 0 Å². The smallest absolute Gasteiger partial charge is 0.315 e. The molecule has 0 saturated carbocycles. The molecule has 0 aliphatic carbocycles. The van der Waals surface area contributed by atoms with E-state index in [1.807, 2.05) is 71.0 Å². The number of rotatable bonds is 6. The molecule has 0 bridgehead atoms. The normalized spacial score (nSPS) is 11.8. The van der Waals surface area contributed by atoms with Gasteiger partial charge in [0.1, 0.15) is 5.75 Å². The number of hydrogen-bond donors (Lipinski definition) is 1. The number of ketones is 1. The fourth-order valence-electron chi connectivity index (χ4n) is 1.95. The monoisotopic (exact) mass is 373 g/mol. The number of anilines is 1. The first-order chi connectivity index (χ1) is 12.1. The molecule has 26 heavy (non-hydrogen) atoms. The summed E-state index contributed by atoms with van der Waals surface area (Å²) in [6.45, 7) is 9.44. The summed E-state index contributed by atoms with van der Waals surface area (Å²) in [5.41, 5.74) is 4.94. The predicted octanol–water partition coefficient (Wildman–Crippen LogP) is 5.84. The highest BCUT2D eigenvalue weighted by atomic mass is 35.5. The van der Waals surface area contributed by atoms with E-state index in [9.17, 15) is 4.79 Å². The van der Waals surface area contributed by atoms with Crippen LogP contribution < -0.4 is 10.2 Å². The molecule has 5 heteroatoms. The number of carbonyl (C=O) groups excluding carboxylic acids is 1. The van der Waals surface area contributed by atoms with Crippen LogP contribution in [-0.4, -0.2) is 5.78 Å². The van der Waals surface area contributed by atoms with Gasteiger partial charge < -0.3 is 9.57 Å². The van der Waals surface area contributed by atoms with Crippen LogP contribution in [0.1, 0.15) is 31.9 Å². The number of hydrogen-bond acceptors (Lipinski definition) is 4. The fourth-order valence-corrected chi connectivity index (χ4v) is 2.10. The molecule has 0 radical (unpaired) electrons. The molecular formula is C21H24ClNO3. The van der Waals surface area contributed by atoms with Crippen LogP contribution in [0.5, 0.6) is 5.75 Å². The molecule has 2 aromatic carbocycles. The molecule has 0 heterocycles. The largest absolute Gasteiger partial charge is 0.425 e. The van der Waals surface area contributed by atoms with Crippen LogP contribution in [-0.2, 0) is 9.63 Å². The van der Waals surface area contributed by atoms with Gasteiger partial charge in [-0.1, -0.05) is 56.1 Å². The molecule has 0 saturated heterocycles. The number of benzene rings is 2. The maximum atomic E-state index is 12.4. The van der Waals surface area contributed by atoms with Gasteiger partial charge in [-0.25, -0.2) is 5.48 Å². The van der Waals surface area contributed by atoms with Crippen LogP contribution in [0.15, 0.2) is 54.5 Å². The molecule has 0 atom stereocenters. The quantitative estimate of drug-likeness (QED) is 0.392. The van der Waals surface area contributed by atoms with Gasteiger partial charge in [-0.3, -0.25) is 4.79 Å². The Morgan fingerprint density at radius 2 is 1.65 bits per heavy atom. The zero-order chi connectivity index (χ0) is 19.3. The summed E-state index contributed by atoms with van der Waals surface area (Å²) in [4.78, 5) is 17.9. The van der Waals surface area contributed by atoms with Gasteiger partial charge in [-0.2, -0.15) is 0 Å². The van der Waals surface area contributed by atoms with Crippen molar-refractivity contribution >= 4 is 23.1 Å². The fraction of sp³-hybridized carbons (Fsp3) is 0.286. The van der Waals surface area contributed by atoms with Crippen LogP contribution in [0.25, 0.3) is 0 Å². The summed E-state index contributed by atoms with van der Waals surface area (Å²) in [5, 5.41) is 0.507. The molecule has 4 nitrogen and oxygen atoms in total. The molecule has 0 unspecified atom stereocenters. The molecule has 0 aromatic heterocycles. The molecule has 1 N–H and O–H groups in total. The van der Waals surface area contributed by atoms with Crippen molar-refractivity contribution in [3.8, 4) is 5.75 Å². The van der Waals surface area contributed by atoms with Gasteiger partial charge in [-0.05, 0) is 43.7 Å². The van der Waals surface area contributed by atoms with E-state index in [0.717, 1.165) is 11.1 Å². The van der Waals surface area contributed by atoms with Gasteiger partial charge in [0.25, 0.3) is 0 Å². The van der Waals surface area contributed by atoms with Crippen molar-refractivity contribution in [3.05, 3.63) is 70.6 Å². The first-order valence-corrected chi connectivity index (χ1v) is 8.72. The third-order valence-corrected chi connectivity index (χ3v) is 3.94. The van der Waals surface area contributed by atoms with Crippen molar-refractivity contribution in [2.75, 3.05) is 5.48 Å². The maximum absolute atomic E-state index is 12.4. The number of aryl methyl sites for hydroxylation is 2. The Balaban J connectivity index is 2.22. The molecule has 138 valence electrons. The van der Waals surface area contributed by atoms with Crippen LogP contribution in [0.4, 0.5) is 5.69 Å². The zero-order valence-corrected chi connectivity index (χ0v) is 16.5. The summed E-state index contributed by atoms with van der Waals surface area (Å²) < 4.78 is 5.74. The highest BCUT2D eigenvalue weighted by Crippen LogP contribution is 2.25. The summed E-state index contributed by atoms with van der Waals surface area (Å²) in [7, 11) is 0. The zero-order valence-electron chi connectivity index (χ0n) is 15.7. The predicted molar refractivity (Wildman–Crippen MR) is 105 cm³/mol. The first kappa shape index (κ1) is 19.9. The van der Waals surface area contributed by atoms with Crippen molar-refractivity contribution in [2.24, 2.45) is 5.41 Å². The molecule has 0 spiro atoms. The van der Waals surface area contributed by atoms with E-state index in [-0.39, 0.29) is 11.7 Å². The second kappa shape index (κ2) is 8.28. The minimum atomic E-state index is -0.549. The molecule has 0 fully saturated rings. The van der Waals surface area contributed by atoms with E-state index in [1.165, 1.54) is 6.08 Å². The van der Waals surface area contributed by atoms with E-state index < -0.39 is 5.41 Å². The van der Waals surface area contributed by atoms with Crippen molar-refractivity contribution in [3.63, 3.8) is 0 Å². The minimum absolute atomic E-state index is 0.0475. The third-order valence-electron chi connectivity index (χ3n) is 3.61. The molecule has 0 amide bonds. The van der Waals surface area contributed by atoms with Gasteiger partial charge in [-0.15, -0.1) is 0 Å². The summed E-state index contributed by atoms with van der Waals surface area (Å²) in [6, 6.07) is 13.0. The van der Waals surface area contributed by atoms with E-state index in [0.29, 0.717) is 16.5 Å². The number of allylic oxidation sites excluding steroid dienone is 1. The van der Waals surface area contributed by atoms with Crippen LogP contribution in [0.2, 0.25) is 5.02 Å². The Kier molecular flexibility index (Phi) is 6.32. The van der Waals surface area contributed by atoms with Gasteiger partial charge in [0.15, 0.2) is 5.78 Å². The molecule has 0 aliphatic heterocycles. The highest BCUT2D eigenvalue weighted by Gasteiger charge is 2.21. The minimum Gasteiger partial charge on any atom is -0.425 e. The maximum Gasteiger partial charge on any atom is 0.315 e. The number of carbonyl (C=O) groups is 1. The average molecular weight is 374 g/mol. The Labute approximate surface area is 159 Å². The standard InChI is InChI=1S/C21H24ClNO3/c1-14-6-9-16(10-7-14)25-20(13-19(24)21(3,4)5)26-23-18-12-15(2)8-11-17(18)22/h6-13,23H,1-5H3/b20-13+. The van der Waals surface area contributed by atoms with Crippen molar-refractivity contribution < 1.29 is 14.4 Å². The van der Waals surface area contributed by atoms with E-state index in [1.54, 1.807) is 6.07 Å². The van der Waals surface area contributed by atoms with Crippen LogP contribution in [0.3, 0.4) is 0 Å². The Bertz CT molecular complexity index is 805. The second-order valence-electron chi connectivity index (χ2n) is 7.18. The van der Waals surface area contributed by atoms with Gasteiger partial charge in [0.2, 0.25) is 0 Å². The lowest BCUT2D eigenvalue weighted by molar-refractivity contribution is -0.121. The lowest BCUT2D eigenvalue weighted by Gasteiger charge is -2.17. The molecular weight excluding hydrogens is 350 g/mol. The van der Waals surface area contributed by atoms with Crippen LogP contribution >= 0.6 is 11.6 Å². The van der Waals surface area contributed by atoms with Gasteiger partial charge >= 0.3 is 5.95 Å². The van der Waals surface area contributed by atoms with E-state index in [4.69, 9.17) is 21.2 Å². The lowest BCUT2D eigenvalue weighted by Crippen LogP contribution is -2.20. The molecule has 2 rings (SSSR count). The van der Waals surface area contributed by atoms with E-state index >= 15 is 0 Å². The third kappa shape index (κ3) is 5.81. The van der Waals surface area contributed by atoms with E-state index in [2.05, 4.69) is 5.48 Å². The SMILES string of the molecule is Cc1ccc(O/C(=C\C(=O)C(C)(C)C)ONc2cc(C)ccc2Cl)cc1. The van der Waals surface area contributed by atoms with Gasteiger partial charge in [0.05, 0.1) is 16.8 Å². The number of halogens is 1. The summed E-state index contributed by atoms with van der Waals surface area (Å²) in [5.74, 6) is 0.504. The second-order valence-corrected chi connectivity index (χ2v) is 7.59. The van der Waals surface area contributed by atoms with Crippen molar-refractivity contribution in [1.82, 2.24) is 0 Å². The summed E-state index contributed by atoms with van der Waals surface area (Å²) >= 11 is 6.17. The average Bonchev–Trinajstić information content (AvgIpc) is 2.56. The molecule has 0 aliphatic rings. The van der Waals surface area contributed by atoms with Crippen molar-refractivity contribution in [2.45, 2.75) is 34.6 Å². The first-order valence-electron chi connectivity index (χ1n) is 8.35. The Hall–Kier alpha value is -2.46. The van der Waals surface area contributed by atoms with Crippen LogP contribution in [0, 0.1) is 19.3 Å². The lowest BCUT2D eigenvalue weighted by atomic mass is 9.91. The van der Waals surface area contributed by atoms with Gasteiger partial charge in [0, 0.05) is 5.41 Å². The number of nitrogens with one attached hydrogen (secondary N) is 1. The summed E-state index contributed by atoms with van der Waals surface area (Å²) in [6.07, 6.45) is 1.34. The molecule has 2 aromatic rings. The Morgan fingerprint density at radius 3 is 2.27 bits per heavy atom. The topological polar surface area (TPSA) is 47.6 Å². The highest BCUT2D eigenvalue weighted by molar-refractivity contribution is 6.33.